The Morgan fingerprint density at radius 2 is 1.38 bits per heavy atom. The molecule has 0 fully saturated rings. The third kappa shape index (κ3) is 7.77. The highest BCUT2D eigenvalue weighted by Crippen LogP contribution is 2.42. The summed E-state index contributed by atoms with van der Waals surface area (Å²) in [5, 5.41) is 3.26. The summed E-state index contributed by atoms with van der Waals surface area (Å²) in [7, 11) is 0. The van der Waals surface area contributed by atoms with Crippen LogP contribution in [0.15, 0.2) is 54.6 Å². The third-order valence-electron chi connectivity index (χ3n) is 5.35. The van der Waals surface area contributed by atoms with Crippen LogP contribution in [-0.4, -0.2) is 37.3 Å². The van der Waals surface area contributed by atoms with Gasteiger partial charge >= 0.3 is 12.4 Å². The molecule has 0 radical (unpaired) electrons. The molecule has 3 rings (SSSR count). The van der Waals surface area contributed by atoms with Crippen LogP contribution in [0.1, 0.15) is 27.4 Å². The number of hydrogen-bond acceptors (Lipinski definition) is 2. The molecule has 0 heterocycles. The molecule has 0 spiro atoms. The summed E-state index contributed by atoms with van der Waals surface area (Å²) in [5.41, 5.74) is -0.818. The van der Waals surface area contributed by atoms with Crippen molar-refractivity contribution in [2.45, 2.75) is 18.3 Å². The van der Waals surface area contributed by atoms with Crippen molar-refractivity contribution in [1.82, 2.24) is 10.6 Å². The van der Waals surface area contributed by atoms with Crippen molar-refractivity contribution in [1.29, 1.82) is 0 Å². The molecule has 208 valence electrons. The first-order chi connectivity index (χ1) is 18.1. The van der Waals surface area contributed by atoms with Crippen LogP contribution in [0, 0.1) is 0 Å². The number of halogens is 10. The van der Waals surface area contributed by atoms with Crippen LogP contribution >= 0.6 is 34.8 Å². The molecular weight excluding hydrogens is 600 g/mol. The fourth-order valence-electron chi connectivity index (χ4n) is 3.59. The Bertz CT molecular complexity index is 1420. The number of carbonyl (C=O) groups is 2. The Kier molecular flexibility index (Phi) is 9.40. The zero-order chi connectivity index (χ0) is 29.1. The summed E-state index contributed by atoms with van der Waals surface area (Å²) in [6.45, 7) is -2.36. The Morgan fingerprint density at radius 1 is 0.846 bits per heavy atom. The van der Waals surface area contributed by atoms with Crippen molar-refractivity contribution < 1.29 is 40.3 Å². The lowest BCUT2D eigenvalue weighted by Gasteiger charge is -2.19. The van der Waals surface area contributed by atoms with Crippen molar-refractivity contribution >= 4 is 63.2 Å². The molecule has 39 heavy (non-hydrogen) atoms. The molecular formula is C25H16Cl3F7N2O2. The van der Waals surface area contributed by atoms with Gasteiger partial charge in [-0.3, -0.25) is 9.59 Å². The number of allylic oxidation sites excluding steroid dienone is 1. The average Bonchev–Trinajstić information content (AvgIpc) is 2.85. The predicted octanol–water partition coefficient (Wildman–Crippen LogP) is 7.86. The summed E-state index contributed by atoms with van der Waals surface area (Å²) in [5.74, 6) is -5.70. The van der Waals surface area contributed by atoms with Gasteiger partial charge in [0.2, 0.25) is 5.91 Å². The molecule has 0 aliphatic rings. The minimum atomic E-state index is -4.94. The maximum Gasteiger partial charge on any atom is 0.405 e. The number of benzene rings is 3. The largest absolute Gasteiger partial charge is 0.405 e. The lowest BCUT2D eigenvalue weighted by molar-refractivity contribution is -0.139. The highest BCUT2D eigenvalue weighted by molar-refractivity contribution is 6.48. The number of hydrogen-bond donors (Lipinski definition) is 2. The minimum absolute atomic E-state index is 0.0634. The summed E-state index contributed by atoms with van der Waals surface area (Å²) in [4.78, 5) is 24.2. The van der Waals surface area contributed by atoms with Gasteiger partial charge in [0, 0.05) is 11.1 Å². The van der Waals surface area contributed by atoms with E-state index in [1.807, 2.05) is 0 Å². The van der Waals surface area contributed by atoms with E-state index in [1.54, 1.807) is 5.32 Å². The van der Waals surface area contributed by atoms with E-state index in [4.69, 9.17) is 34.8 Å². The Balaban J connectivity index is 1.95. The Hall–Kier alpha value is -3.02. The smallest absolute Gasteiger partial charge is 0.345 e. The molecule has 0 aliphatic heterocycles. The van der Waals surface area contributed by atoms with Crippen LogP contribution in [0.5, 0.6) is 0 Å². The maximum absolute atomic E-state index is 15.4. The van der Waals surface area contributed by atoms with E-state index in [9.17, 15) is 35.9 Å². The minimum Gasteiger partial charge on any atom is -0.345 e. The second kappa shape index (κ2) is 12.0. The van der Waals surface area contributed by atoms with Crippen molar-refractivity contribution in [3.63, 3.8) is 0 Å². The molecule has 1 atom stereocenters. The number of amides is 2. The van der Waals surface area contributed by atoms with Crippen LogP contribution in [0.2, 0.25) is 15.1 Å². The van der Waals surface area contributed by atoms with Crippen LogP contribution in [-0.2, 0) is 4.79 Å². The van der Waals surface area contributed by atoms with Gasteiger partial charge in [0.05, 0.1) is 21.6 Å². The quantitative estimate of drug-likeness (QED) is 0.210. The number of fused-ring (bicyclic) bond motifs is 1. The average molecular weight is 616 g/mol. The molecule has 0 aromatic heterocycles. The number of nitrogens with one attached hydrogen (secondary N) is 2. The maximum atomic E-state index is 15.4. The van der Waals surface area contributed by atoms with Gasteiger partial charge in [0.25, 0.3) is 5.91 Å². The van der Waals surface area contributed by atoms with E-state index in [-0.39, 0.29) is 37.0 Å². The highest BCUT2D eigenvalue weighted by Gasteiger charge is 2.40. The second-order valence-electron chi connectivity index (χ2n) is 8.11. The molecule has 0 aliphatic carbocycles. The van der Waals surface area contributed by atoms with Crippen molar-refractivity contribution in [2.24, 2.45) is 0 Å². The topological polar surface area (TPSA) is 58.2 Å². The monoisotopic (exact) mass is 614 g/mol. The molecule has 0 bridgehead atoms. The standard InChI is InChI=1S/C25H16Cl3F7N2O2/c26-18-7-12(8-19(27)22(18)28)17(25(33,34)35)9-20(29)15-5-6-16(14-4-2-1-3-13(14)15)23(39)36-10-21(38)37-11-24(30,31)32/h1-9,17H,10-11H2,(H,36,39)(H,37,38)/b20-9-. The first-order valence-electron chi connectivity index (χ1n) is 10.8. The van der Waals surface area contributed by atoms with Crippen LogP contribution in [0.3, 0.4) is 0 Å². The third-order valence-corrected chi connectivity index (χ3v) is 6.55. The van der Waals surface area contributed by atoms with Crippen LogP contribution in [0.4, 0.5) is 30.7 Å². The van der Waals surface area contributed by atoms with Gasteiger partial charge in [-0.15, -0.1) is 0 Å². The predicted molar refractivity (Wildman–Crippen MR) is 135 cm³/mol. The molecule has 0 saturated carbocycles. The number of rotatable bonds is 7. The van der Waals surface area contributed by atoms with Gasteiger partial charge in [0.15, 0.2) is 0 Å². The summed E-state index contributed by atoms with van der Waals surface area (Å²) < 4.78 is 93.9. The van der Waals surface area contributed by atoms with Crippen LogP contribution in [0.25, 0.3) is 16.6 Å². The van der Waals surface area contributed by atoms with Crippen molar-refractivity contribution in [2.75, 3.05) is 13.1 Å². The Labute approximate surface area is 231 Å². The summed E-state index contributed by atoms with van der Waals surface area (Å²) in [6, 6.07) is 9.74. The fraction of sp³-hybridized carbons (Fsp3) is 0.200. The first-order valence-corrected chi connectivity index (χ1v) is 11.9. The second-order valence-corrected chi connectivity index (χ2v) is 9.31. The lowest BCUT2D eigenvalue weighted by atomic mass is 9.94. The van der Waals surface area contributed by atoms with Gasteiger partial charge < -0.3 is 10.6 Å². The summed E-state index contributed by atoms with van der Waals surface area (Å²) >= 11 is 17.5. The number of carbonyl (C=O) groups excluding carboxylic acids is 2. The van der Waals surface area contributed by atoms with E-state index in [0.717, 1.165) is 24.3 Å². The molecule has 2 amide bonds. The zero-order valence-corrected chi connectivity index (χ0v) is 21.6. The van der Waals surface area contributed by atoms with Crippen molar-refractivity contribution in [3.05, 3.63) is 86.4 Å². The van der Waals surface area contributed by atoms with E-state index < -0.39 is 54.6 Å². The van der Waals surface area contributed by atoms with E-state index >= 15 is 4.39 Å². The number of alkyl halides is 6. The van der Waals surface area contributed by atoms with Gasteiger partial charge in [0.1, 0.15) is 18.3 Å². The molecule has 4 nitrogen and oxygen atoms in total. The first kappa shape index (κ1) is 30.5. The molecule has 14 heteroatoms. The molecule has 3 aromatic carbocycles. The molecule has 3 aromatic rings. The van der Waals surface area contributed by atoms with E-state index in [0.29, 0.717) is 6.08 Å². The summed E-state index contributed by atoms with van der Waals surface area (Å²) in [6.07, 6.45) is -9.25. The van der Waals surface area contributed by atoms with E-state index in [1.165, 1.54) is 24.3 Å². The molecule has 2 N–H and O–H groups in total. The fourth-order valence-corrected chi connectivity index (χ4v) is 4.21. The van der Waals surface area contributed by atoms with E-state index in [2.05, 4.69) is 5.32 Å². The zero-order valence-electron chi connectivity index (χ0n) is 19.3. The molecule has 0 saturated heterocycles. The van der Waals surface area contributed by atoms with Gasteiger partial charge in [-0.25, -0.2) is 4.39 Å². The van der Waals surface area contributed by atoms with Gasteiger partial charge in [-0.1, -0.05) is 65.1 Å². The SMILES string of the molecule is O=C(CNC(=O)c1ccc(/C(F)=C/C(c2cc(Cl)c(Cl)c(Cl)c2)C(F)(F)F)c2ccccc12)NCC(F)(F)F. The van der Waals surface area contributed by atoms with Crippen LogP contribution < -0.4 is 10.6 Å². The normalized spacial score (nSPS) is 13.3. The lowest BCUT2D eigenvalue weighted by Crippen LogP contribution is -2.40. The van der Waals surface area contributed by atoms with Crippen molar-refractivity contribution in [3.8, 4) is 0 Å². The van der Waals surface area contributed by atoms with Gasteiger partial charge in [-0.05, 0) is 40.6 Å². The Morgan fingerprint density at radius 3 is 1.92 bits per heavy atom. The van der Waals surface area contributed by atoms with Gasteiger partial charge in [-0.2, -0.15) is 26.3 Å². The molecule has 1 unspecified atom stereocenters. The highest BCUT2D eigenvalue weighted by atomic mass is 35.5.